The first kappa shape index (κ1) is 22.2. The summed E-state index contributed by atoms with van der Waals surface area (Å²) in [5.41, 5.74) is 3.02. The van der Waals surface area contributed by atoms with Crippen LogP contribution in [0.1, 0.15) is 5.56 Å². The quantitative estimate of drug-likeness (QED) is 0.425. The highest BCUT2D eigenvalue weighted by Gasteiger charge is 2.12. The van der Waals surface area contributed by atoms with E-state index in [0.717, 1.165) is 48.3 Å². The molecule has 2 aromatic carbocycles. The van der Waals surface area contributed by atoms with Crippen LogP contribution in [0.4, 0.5) is 15.9 Å². The van der Waals surface area contributed by atoms with Gasteiger partial charge in [0.15, 0.2) is 5.82 Å². The van der Waals surface area contributed by atoms with Crippen LogP contribution >= 0.6 is 11.6 Å². The Bertz CT molecular complexity index is 1380. The number of nitrogens with one attached hydrogen (secondary N) is 1. The van der Waals surface area contributed by atoms with Crippen molar-refractivity contribution in [1.82, 2.24) is 19.9 Å². The maximum Gasteiger partial charge on any atom is 0.163 e. The number of halogens is 2. The minimum absolute atomic E-state index is 0.0329. The summed E-state index contributed by atoms with van der Waals surface area (Å²) in [5, 5.41) is 4.10. The normalized spacial score (nSPS) is 13.9. The van der Waals surface area contributed by atoms with Gasteiger partial charge in [-0.2, -0.15) is 0 Å². The molecule has 0 aliphatic carbocycles. The van der Waals surface area contributed by atoms with Gasteiger partial charge in [0.05, 0.1) is 30.3 Å². The van der Waals surface area contributed by atoms with Gasteiger partial charge in [0.25, 0.3) is 0 Å². The molecule has 1 N–H and O–H groups in total. The smallest absolute Gasteiger partial charge is 0.163 e. The summed E-state index contributed by atoms with van der Waals surface area (Å²) in [5.74, 6) is 7.11. The molecule has 0 unspecified atom stereocenters. The summed E-state index contributed by atoms with van der Waals surface area (Å²) >= 11 is 5.99. The summed E-state index contributed by atoms with van der Waals surface area (Å²) in [4.78, 5) is 15.9. The molecule has 1 aliphatic heterocycles. The molecular weight excluding hydrogens is 453 g/mol. The van der Waals surface area contributed by atoms with E-state index in [-0.39, 0.29) is 5.02 Å². The van der Waals surface area contributed by atoms with Gasteiger partial charge in [-0.15, -0.1) is 0 Å². The Morgan fingerprint density at radius 2 is 1.97 bits per heavy atom. The van der Waals surface area contributed by atoms with Crippen molar-refractivity contribution in [2.75, 3.05) is 38.2 Å². The van der Waals surface area contributed by atoms with E-state index in [2.05, 4.69) is 27.0 Å². The van der Waals surface area contributed by atoms with Gasteiger partial charge in [-0.05, 0) is 48.5 Å². The van der Waals surface area contributed by atoms with Gasteiger partial charge in [0, 0.05) is 47.7 Å². The fourth-order valence-corrected chi connectivity index (χ4v) is 3.83. The van der Waals surface area contributed by atoms with Crippen LogP contribution in [0, 0.1) is 17.7 Å². The number of hydrogen-bond acceptors (Lipinski definition) is 6. The number of hydrogen-bond donors (Lipinski definition) is 1. The second-order valence-corrected chi connectivity index (χ2v) is 8.22. The minimum Gasteiger partial charge on any atom is -0.379 e. The Kier molecular flexibility index (Phi) is 6.63. The Balaban J connectivity index is 1.52. The van der Waals surface area contributed by atoms with Crippen molar-refractivity contribution in [1.29, 1.82) is 0 Å². The lowest BCUT2D eigenvalue weighted by Crippen LogP contribution is -2.36. The number of anilines is 2. The summed E-state index contributed by atoms with van der Waals surface area (Å²) in [6.45, 7) is 3.97. The monoisotopic (exact) mass is 473 g/mol. The Morgan fingerprint density at radius 3 is 2.76 bits per heavy atom. The van der Waals surface area contributed by atoms with E-state index in [0.29, 0.717) is 23.9 Å². The first-order chi connectivity index (χ1) is 16.7. The lowest BCUT2D eigenvalue weighted by atomic mass is 10.1. The second kappa shape index (κ2) is 10.1. The number of aromatic nitrogens is 3. The highest BCUT2D eigenvalue weighted by molar-refractivity contribution is 6.31. The van der Waals surface area contributed by atoms with Crippen LogP contribution in [0.5, 0.6) is 0 Å². The summed E-state index contributed by atoms with van der Waals surface area (Å²) in [6.07, 6.45) is 3.41. The zero-order chi connectivity index (χ0) is 23.3. The van der Waals surface area contributed by atoms with Crippen molar-refractivity contribution in [2.45, 2.75) is 0 Å². The number of morpholine rings is 1. The van der Waals surface area contributed by atoms with Crippen molar-refractivity contribution >= 4 is 34.0 Å². The number of nitrogens with zero attached hydrogens (tertiary/aromatic N) is 4. The fraction of sp³-hybridized carbons (Fsp3) is 0.192. The predicted octanol–water partition coefficient (Wildman–Crippen LogP) is 4.91. The van der Waals surface area contributed by atoms with E-state index in [4.69, 9.17) is 26.3 Å². The van der Waals surface area contributed by atoms with Crippen molar-refractivity contribution in [3.05, 3.63) is 77.3 Å². The van der Waals surface area contributed by atoms with Crippen molar-refractivity contribution in [3.8, 4) is 23.2 Å². The molecule has 0 saturated carbocycles. The topological polar surface area (TPSA) is 63.2 Å². The minimum atomic E-state index is -0.478. The average Bonchev–Trinajstić information content (AvgIpc) is 2.87. The molecule has 4 aromatic rings. The van der Waals surface area contributed by atoms with E-state index >= 15 is 0 Å². The highest BCUT2D eigenvalue weighted by Crippen LogP contribution is 2.29. The molecule has 8 heteroatoms. The lowest BCUT2D eigenvalue weighted by Gasteiger charge is -2.24. The molecule has 3 heterocycles. The SMILES string of the molecule is Fc1ccc(Nc2nc(-c3cccnc3)nc3ccc(C#CCN4CCOCC4)cc23)cc1Cl. The molecule has 0 amide bonds. The Labute approximate surface area is 201 Å². The molecule has 1 fully saturated rings. The second-order valence-electron chi connectivity index (χ2n) is 7.81. The molecule has 34 heavy (non-hydrogen) atoms. The largest absolute Gasteiger partial charge is 0.379 e. The van der Waals surface area contributed by atoms with Crippen LogP contribution in [0.25, 0.3) is 22.3 Å². The van der Waals surface area contributed by atoms with Gasteiger partial charge >= 0.3 is 0 Å². The van der Waals surface area contributed by atoms with Crippen LogP contribution in [-0.4, -0.2) is 52.7 Å². The number of pyridine rings is 1. The fourth-order valence-electron chi connectivity index (χ4n) is 3.65. The van der Waals surface area contributed by atoms with Crippen molar-refractivity contribution in [2.24, 2.45) is 0 Å². The van der Waals surface area contributed by atoms with Crippen LogP contribution in [0.2, 0.25) is 5.02 Å². The van der Waals surface area contributed by atoms with Crippen molar-refractivity contribution in [3.63, 3.8) is 0 Å². The highest BCUT2D eigenvalue weighted by atomic mass is 35.5. The molecule has 1 aliphatic rings. The molecule has 0 radical (unpaired) electrons. The molecule has 5 rings (SSSR count). The van der Waals surface area contributed by atoms with Gasteiger partial charge in [0.1, 0.15) is 11.6 Å². The molecule has 6 nitrogen and oxygen atoms in total. The molecule has 0 atom stereocenters. The molecule has 170 valence electrons. The standard InChI is InChI=1S/C26H21ClFN5O/c27-22-16-20(6-7-23(22)28)30-26-21-15-18(3-2-10-33-11-13-34-14-12-33)5-8-24(21)31-25(32-26)19-4-1-9-29-17-19/h1,4-9,15-17H,10-14H2,(H,30,31,32). The van der Waals surface area contributed by atoms with E-state index in [1.807, 2.05) is 30.3 Å². The first-order valence-electron chi connectivity index (χ1n) is 10.9. The van der Waals surface area contributed by atoms with E-state index in [1.54, 1.807) is 18.5 Å². The van der Waals surface area contributed by atoms with Gasteiger partial charge < -0.3 is 10.1 Å². The van der Waals surface area contributed by atoms with Gasteiger partial charge in [0.2, 0.25) is 0 Å². The summed E-state index contributed by atoms with van der Waals surface area (Å²) < 4.78 is 19.1. The Morgan fingerprint density at radius 1 is 1.09 bits per heavy atom. The van der Waals surface area contributed by atoms with E-state index in [1.165, 1.54) is 12.1 Å². The average molecular weight is 474 g/mol. The Hall–Kier alpha value is -3.57. The molecule has 2 aromatic heterocycles. The number of rotatable bonds is 4. The number of ether oxygens (including phenoxy) is 1. The third-order valence-corrected chi connectivity index (χ3v) is 5.73. The molecule has 0 spiro atoms. The molecule has 0 bridgehead atoms. The summed E-state index contributed by atoms with van der Waals surface area (Å²) in [7, 11) is 0. The third kappa shape index (κ3) is 5.15. The third-order valence-electron chi connectivity index (χ3n) is 5.44. The van der Waals surface area contributed by atoms with Crippen LogP contribution < -0.4 is 5.32 Å². The zero-order valence-corrected chi connectivity index (χ0v) is 19.0. The van der Waals surface area contributed by atoms with Crippen LogP contribution in [0.15, 0.2) is 60.9 Å². The van der Waals surface area contributed by atoms with Crippen molar-refractivity contribution < 1.29 is 9.13 Å². The lowest BCUT2D eigenvalue weighted by molar-refractivity contribution is 0.0443. The van der Waals surface area contributed by atoms with Gasteiger partial charge in [-0.1, -0.05) is 23.4 Å². The maximum absolute atomic E-state index is 13.7. The molecular formula is C26H21ClFN5O. The van der Waals surface area contributed by atoms with Gasteiger partial charge in [-0.3, -0.25) is 9.88 Å². The number of benzene rings is 2. The molecule has 1 saturated heterocycles. The maximum atomic E-state index is 13.7. The zero-order valence-electron chi connectivity index (χ0n) is 18.3. The number of fused-ring (bicyclic) bond motifs is 1. The summed E-state index contributed by atoms with van der Waals surface area (Å²) in [6, 6.07) is 14.0. The van der Waals surface area contributed by atoms with E-state index in [9.17, 15) is 4.39 Å². The van der Waals surface area contributed by atoms with Gasteiger partial charge in [-0.25, -0.2) is 14.4 Å². The van der Waals surface area contributed by atoms with Crippen LogP contribution in [-0.2, 0) is 4.74 Å². The first-order valence-corrected chi connectivity index (χ1v) is 11.3. The van der Waals surface area contributed by atoms with E-state index < -0.39 is 5.82 Å². The predicted molar refractivity (Wildman–Crippen MR) is 132 cm³/mol. The van der Waals surface area contributed by atoms with Crippen LogP contribution in [0.3, 0.4) is 0 Å².